The number of nitrogens with zero attached hydrogens (tertiary/aromatic N) is 4. The lowest BCUT2D eigenvalue weighted by Gasteiger charge is -2.11. The van der Waals surface area contributed by atoms with Gasteiger partial charge in [-0.1, -0.05) is 0 Å². The van der Waals surface area contributed by atoms with E-state index >= 15 is 0 Å². The molecule has 0 radical (unpaired) electrons. The van der Waals surface area contributed by atoms with Gasteiger partial charge in [-0.2, -0.15) is 10.1 Å². The molecule has 8 heteroatoms. The molecular weight excluding hydrogens is 296 g/mol. The van der Waals surface area contributed by atoms with Gasteiger partial charge >= 0.3 is 5.97 Å². The molecule has 1 aromatic carbocycles. The van der Waals surface area contributed by atoms with E-state index in [2.05, 4.69) is 35.5 Å². The summed E-state index contributed by atoms with van der Waals surface area (Å²) in [5.41, 5.74) is 1.28. The summed E-state index contributed by atoms with van der Waals surface area (Å²) in [7, 11) is 5.35. The van der Waals surface area contributed by atoms with Crippen LogP contribution in [0.15, 0.2) is 30.5 Å². The monoisotopic (exact) mass is 316 g/mol. The van der Waals surface area contributed by atoms with E-state index in [1.54, 1.807) is 24.3 Å². The van der Waals surface area contributed by atoms with Crippen molar-refractivity contribution in [3.8, 4) is 0 Å². The molecule has 2 rings (SSSR count). The number of anilines is 3. The Hall–Kier alpha value is -2.74. The molecule has 2 aromatic rings. The summed E-state index contributed by atoms with van der Waals surface area (Å²) in [6.45, 7) is 1.60. The van der Waals surface area contributed by atoms with Crippen LogP contribution in [-0.2, 0) is 4.74 Å². The van der Waals surface area contributed by atoms with Crippen LogP contribution >= 0.6 is 0 Å². The molecule has 0 aliphatic heterocycles. The molecule has 0 aliphatic carbocycles. The Morgan fingerprint density at radius 1 is 1.26 bits per heavy atom. The van der Waals surface area contributed by atoms with E-state index in [0.717, 1.165) is 18.8 Å². The smallest absolute Gasteiger partial charge is 0.337 e. The molecule has 1 aromatic heterocycles. The summed E-state index contributed by atoms with van der Waals surface area (Å²) in [4.78, 5) is 17.8. The van der Waals surface area contributed by atoms with Crippen molar-refractivity contribution in [1.82, 2.24) is 20.1 Å². The van der Waals surface area contributed by atoms with E-state index in [1.807, 2.05) is 14.1 Å². The quantitative estimate of drug-likeness (QED) is 0.740. The van der Waals surface area contributed by atoms with E-state index < -0.39 is 0 Å². The predicted molar refractivity (Wildman–Crippen MR) is 87.9 cm³/mol. The number of hydrogen-bond donors (Lipinski definition) is 2. The third-order valence-corrected chi connectivity index (χ3v) is 2.98. The van der Waals surface area contributed by atoms with Gasteiger partial charge < -0.3 is 20.3 Å². The Kier molecular flexibility index (Phi) is 5.81. The molecule has 0 aliphatic rings. The van der Waals surface area contributed by atoms with Gasteiger partial charge in [-0.05, 0) is 38.4 Å². The third-order valence-electron chi connectivity index (χ3n) is 2.98. The van der Waals surface area contributed by atoms with Crippen LogP contribution in [0.5, 0.6) is 0 Å². The predicted octanol–water partition coefficient (Wildman–Crippen LogP) is 1.38. The molecule has 0 spiro atoms. The molecule has 0 bridgehead atoms. The van der Waals surface area contributed by atoms with Crippen molar-refractivity contribution in [1.29, 1.82) is 0 Å². The lowest BCUT2D eigenvalue weighted by atomic mass is 10.2. The SMILES string of the molecule is COC(=O)c1ccc(Nc2cnnc(NCCN(C)C)n2)cc1. The Morgan fingerprint density at radius 2 is 2.00 bits per heavy atom. The van der Waals surface area contributed by atoms with Crippen molar-refractivity contribution in [2.75, 3.05) is 44.9 Å². The fourth-order valence-corrected chi connectivity index (χ4v) is 1.79. The molecule has 0 fully saturated rings. The lowest BCUT2D eigenvalue weighted by Crippen LogP contribution is -2.21. The van der Waals surface area contributed by atoms with E-state index in [-0.39, 0.29) is 5.97 Å². The van der Waals surface area contributed by atoms with Crippen LogP contribution in [0, 0.1) is 0 Å². The highest BCUT2D eigenvalue weighted by Crippen LogP contribution is 2.15. The first kappa shape index (κ1) is 16.6. The van der Waals surface area contributed by atoms with E-state index in [9.17, 15) is 4.79 Å². The molecule has 0 amide bonds. The van der Waals surface area contributed by atoms with Crippen LogP contribution in [0.3, 0.4) is 0 Å². The van der Waals surface area contributed by atoms with E-state index in [1.165, 1.54) is 13.3 Å². The number of ether oxygens (including phenoxy) is 1. The number of benzene rings is 1. The zero-order valence-corrected chi connectivity index (χ0v) is 13.4. The standard InChI is InChI=1S/C15H20N6O2/c1-21(2)9-8-16-15-19-13(10-17-20-15)18-12-6-4-11(5-7-12)14(22)23-3/h4-7,10H,8-9H2,1-3H3,(H2,16,18,19,20). The maximum absolute atomic E-state index is 11.4. The first-order valence-corrected chi connectivity index (χ1v) is 7.12. The van der Waals surface area contributed by atoms with Crippen LogP contribution in [0.1, 0.15) is 10.4 Å². The molecule has 8 nitrogen and oxygen atoms in total. The second kappa shape index (κ2) is 8.04. The second-order valence-corrected chi connectivity index (χ2v) is 5.09. The topological polar surface area (TPSA) is 92.3 Å². The molecule has 2 N–H and O–H groups in total. The Morgan fingerprint density at radius 3 is 2.65 bits per heavy atom. The molecule has 122 valence electrons. The molecule has 0 saturated carbocycles. The Bertz CT molecular complexity index is 645. The van der Waals surface area contributed by atoms with Gasteiger partial charge in [-0.3, -0.25) is 0 Å². The third kappa shape index (κ3) is 5.19. The number of aromatic nitrogens is 3. The van der Waals surface area contributed by atoms with Crippen molar-refractivity contribution in [3.63, 3.8) is 0 Å². The summed E-state index contributed by atoms with van der Waals surface area (Å²) < 4.78 is 4.66. The average molecular weight is 316 g/mol. The van der Waals surface area contributed by atoms with Crippen LogP contribution in [-0.4, -0.2) is 60.3 Å². The van der Waals surface area contributed by atoms with Crippen molar-refractivity contribution in [3.05, 3.63) is 36.0 Å². The highest BCUT2D eigenvalue weighted by Gasteiger charge is 2.05. The molecule has 23 heavy (non-hydrogen) atoms. The van der Waals surface area contributed by atoms with Gasteiger partial charge in [0.2, 0.25) is 5.95 Å². The number of nitrogens with one attached hydrogen (secondary N) is 2. The van der Waals surface area contributed by atoms with Crippen LogP contribution in [0.25, 0.3) is 0 Å². The minimum absolute atomic E-state index is 0.368. The summed E-state index contributed by atoms with van der Waals surface area (Å²) in [6, 6.07) is 6.90. The number of carbonyl (C=O) groups excluding carboxylic acids is 1. The number of esters is 1. The summed E-state index contributed by atoms with van der Waals surface area (Å²) >= 11 is 0. The number of rotatable bonds is 7. The first-order chi connectivity index (χ1) is 11.1. The number of carbonyl (C=O) groups is 1. The van der Waals surface area contributed by atoms with E-state index in [0.29, 0.717) is 17.3 Å². The minimum atomic E-state index is -0.368. The minimum Gasteiger partial charge on any atom is -0.465 e. The number of methoxy groups -OCH3 is 1. The maximum Gasteiger partial charge on any atom is 0.337 e. The lowest BCUT2D eigenvalue weighted by molar-refractivity contribution is 0.0601. The highest BCUT2D eigenvalue weighted by molar-refractivity contribution is 5.89. The Labute approximate surface area is 134 Å². The van der Waals surface area contributed by atoms with Gasteiger partial charge in [-0.25, -0.2) is 4.79 Å². The van der Waals surface area contributed by atoms with Gasteiger partial charge in [0.25, 0.3) is 0 Å². The normalized spacial score (nSPS) is 10.4. The average Bonchev–Trinajstić information content (AvgIpc) is 2.55. The zero-order chi connectivity index (χ0) is 16.7. The highest BCUT2D eigenvalue weighted by atomic mass is 16.5. The van der Waals surface area contributed by atoms with Crippen molar-refractivity contribution >= 4 is 23.4 Å². The fraction of sp³-hybridized carbons (Fsp3) is 0.333. The van der Waals surface area contributed by atoms with Gasteiger partial charge in [0.15, 0.2) is 5.82 Å². The van der Waals surface area contributed by atoms with Crippen LogP contribution in [0.2, 0.25) is 0 Å². The maximum atomic E-state index is 11.4. The van der Waals surface area contributed by atoms with Gasteiger partial charge in [0.1, 0.15) is 0 Å². The van der Waals surface area contributed by atoms with E-state index in [4.69, 9.17) is 0 Å². The largest absolute Gasteiger partial charge is 0.465 e. The van der Waals surface area contributed by atoms with Crippen LogP contribution < -0.4 is 10.6 Å². The second-order valence-electron chi connectivity index (χ2n) is 5.09. The number of hydrogen-bond acceptors (Lipinski definition) is 8. The van der Waals surface area contributed by atoms with Crippen molar-refractivity contribution < 1.29 is 9.53 Å². The molecule has 0 unspecified atom stereocenters. The van der Waals surface area contributed by atoms with Gasteiger partial charge in [0.05, 0.1) is 18.9 Å². The summed E-state index contributed by atoms with van der Waals surface area (Å²) in [6.07, 6.45) is 1.53. The zero-order valence-electron chi connectivity index (χ0n) is 13.4. The fourth-order valence-electron chi connectivity index (χ4n) is 1.79. The van der Waals surface area contributed by atoms with Gasteiger partial charge in [0, 0.05) is 18.8 Å². The first-order valence-electron chi connectivity index (χ1n) is 7.12. The molecule has 1 heterocycles. The number of likely N-dealkylation sites (N-methyl/N-ethyl adjacent to an activating group) is 1. The Balaban J connectivity index is 1.98. The van der Waals surface area contributed by atoms with Crippen molar-refractivity contribution in [2.24, 2.45) is 0 Å². The summed E-state index contributed by atoms with van der Waals surface area (Å²) in [5.74, 6) is 0.661. The summed E-state index contributed by atoms with van der Waals surface area (Å²) in [5, 5.41) is 14.1. The molecule has 0 atom stereocenters. The van der Waals surface area contributed by atoms with Crippen LogP contribution in [0.4, 0.5) is 17.5 Å². The molecular formula is C15H20N6O2. The van der Waals surface area contributed by atoms with Crippen molar-refractivity contribution in [2.45, 2.75) is 0 Å². The molecule has 0 saturated heterocycles. The van der Waals surface area contributed by atoms with Gasteiger partial charge in [-0.15, -0.1) is 5.10 Å².